The van der Waals surface area contributed by atoms with Gasteiger partial charge in [-0.25, -0.2) is 4.39 Å². The van der Waals surface area contributed by atoms with E-state index in [1.165, 1.54) is 25.3 Å². The van der Waals surface area contributed by atoms with E-state index in [0.717, 1.165) is 36.7 Å². The maximum atomic E-state index is 13.1. The van der Waals surface area contributed by atoms with Gasteiger partial charge in [-0.05, 0) is 49.9 Å². The third kappa shape index (κ3) is 3.08. The van der Waals surface area contributed by atoms with Crippen LogP contribution in [0.25, 0.3) is 0 Å². The number of fused-ring (bicyclic) bond motifs is 1. The summed E-state index contributed by atoms with van der Waals surface area (Å²) in [4.78, 5) is 0. The van der Waals surface area contributed by atoms with E-state index in [1.54, 1.807) is 12.1 Å². The van der Waals surface area contributed by atoms with Crippen molar-refractivity contribution < 1.29 is 9.13 Å². The Balaban J connectivity index is 1.46. The summed E-state index contributed by atoms with van der Waals surface area (Å²) in [5, 5.41) is 3.61. The number of ether oxygens (including phenoxy) is 1. The van der Waals surface area contributed by atoms with Gasteiger partial charge in [-0.2, -0.15) is 0 Å². The maximum Gasteiger partial charge on any atom is 0.123 e. The molecule has 0 spiro atoms. The fourth-order valence-electron chi connectivity index (χ4n) is 2.93. The largest absolute Gasteiger partial charge is 0.490 e. The molecule has 1 aliphatic carbocycles. The van der Waals surface area contributed by atoms with Crippen LogP contribution >= 0.6 is 0 Å². The molecule has 0 radical (unpaired) electrons. The summed E-state index contributed by atoms with van der Waals surface area (Å²) in [6, 6.07) is 5.58. The monoisotopic (exact) mass is 263 g/mol. The number of benzene rings is 1. The summed E-state index contributed by atoms with van der Waals surface area (Å²) >= 11 is 0. The average molecular weight is 263 g/mol. The lowest BCUT2D eigenvalue weighted by molar-refractivity contribution is 0.192. The normalized spacial score (nSPS) is 23.6. The van der Waals surface area contributed by atoms with Gasteiger partial charge >= 0.3 is 0 Å². The molecule has 1 N–H and O–H groups in total. The van der Waals surface area contributed by atoms with Crippen molar-refractivity contribution in [3.05, 3.63) is 29.6 Å². The average Bonchev–Trinajstić information content (AvgIpc) is 2.68. The number of rotatable bonds is 5. The van der Waals surface area contributed by atoms with Crippen molar-refractivity contribution in [2.24, 2.45) is 5.92 Å². The van der Waals surface area contributed by atoms with E-state index >= 15 is 0 Å². The van der Waals surface area contributed by atoms with Gasteiger partial charge < -0.3 is 10.1 Å². The molecule has 1 aliphatic heterocycles. The molecule has 1 fully saturated rings. The van der Waals surface area contributed by atoms with Crippen molar-refractivity contribution in [2.45, 2.75) is 51.2 Å². The molecule has 104 valence electrons. The lowest BCUT2D eigenvalue weighted by atomic mass is 9.92. The van der Waals surface area contributed by atoms with E-state index in [2.05, 4.69) is 12.2 Å². The Morgan fingerprint density at radius 2 is 2.26 bits per heavy atom. The van der Waals surface area contributed by atoms with Gasteiger partial charge in [-0.15, -0.1) is 0 Å². The van der Waals surface area contributed by atoms with Crippen LogP contribution in [0.2, 0.25) is 0 Å². The molecule has 2 aliphatic rings. The molecule has 1 aromatic rings. The van der Waals surface area contributed by atoms with Crippen LogP contribution in [-0.4, -0.2) is 18.7 Å². The summed E-state index contributed by atoms with van der Waals surface area (Å²) < 4.78 is 19.0. The van der Waals surface area contributed by atoms with E-state index in [9.17, 15) is 4.39 Å². The summed E-state index contributed by atoms with van der Waals surface area (Å²) in [7, 11) is 0. The summed E-state index contributed by atoms with van der Waals surface area (Å²) in [6.07, 6.45) is 6.14. The Bertz CT molecular complexity index is 444. The van der Waals surface area contributed by atoms with E-state index in [1.807, 2.05) is 0 Å². The predicted molar refractivity (Wildman–Crippen MR) is 73.9 cm³/mol. The van der Waals surface area contributed by atoms with Crippen molar-refractivity contribution >= 4 is 0 Å². The molecule has 0 bridgehead atoms. The van der Waals surface area contributed by atoms with Crippen LogP contribution in [-0.2, 0) is 6.42 Å². The third-order valence-electron chi connectivity index (χ3n) is 4.29. The Morgan fingerprint density at radius 1 is 1.42 bits per heavy atom. The number of hydrogen-bond donors (Lipinski definition) is 1. The number of nitrogens with one attached hydrogen (secondary N) is 1. The molecule has 1 heterocycles. The summed E-state index contributed by atoms with van der Waals surface area (Å²) in [6.45, 7) is 3.33. The minimum Gasteiger partial charge on any atom is -0.490 e. The maximum absolute atomic E-state index is 13.1. The van der Waals surface area contributed by atoms with Crippen LogP contribution in [0.1, 0.15) is 38.2 Å². The topological polar surface area (TPSA) is 21.3 Å². The Hall–Kier alpha value is -1.09. The van der Waals surface area contributed by atoms with E-state index in [4.69, 9.17) is 4.74 Å². The van der Waals surface area contributed by atoms with Crippen molar-refractivity contribution in [1.29, 1.82) is 0 Å². The van der Waals surface area contributed by atoms with Crippen LogP contribution in [0, 0.1) is 11.7 Å². The highest BCUT2D eigenvalue weighted by Gasteiger charge is 2.25. The van der Waals surface area contributed by atoms with Gasteiger partial charge in [0.25, 0.3) is 0 Å². The van der Waals surface area contributed by atoms with Gasteiger partial charge in [0, 0.05) is 18.0 Å². The Labute approximate surface area is 114 Å². The highest BCUT2D eigenvalue weighted by molar-refractivity contribution is 5.37. The second-order valence-electron chi connectivity index (χ2n) is 6.07. The molecule has 1 saturated carbocycles. The molecule has 19 heavy (non-hydrogen) atoms. The molecule has 3 heteroatoms. The predicted octanol–water partition coefficient (Wildman–Crippen LogP) is 3.30. The van der Waals surface area contributed by atoms with Gasteiger partial charge in [0.1, 0.15) is 17.7 Å². The van der Waals surface area contributed by atoms with Gasteiger partial charge in [0.2, 0.25) is 0 Å². The fourth-order valence-corrected chi connectivity index (χ4v) is 2.93. The van der Waals surface area contributed by atoms with Crippen molar-refractivity contribution in [3.8, 4) is 5.75 Å². The first-order valence-corrected chi connectivity index (χ1v) is 7.39. The minimum atomic E-state index is -0.164. The lowest BCUT2D eigenvalue weighted by Crippen LogP contribution is -2.38. The Kier molecular flexibility index (Phi) is 3.74. The lowest BCUT2D eigenvalue weighted by Gasteiger charge is -2.28. The molecular weight excluding hydrogens is 241 g/mol. The second kappa shape index (κ2) is 5.49. The first-order valence-electron chi connectivity index (χ1n) is 7.39. The van der Waals surface area contributed by atoms with Crippen molar-refractivity contribution in [2.75, 3.05) is 6.54 Å². The van der Waals surface area contributed by atoms with Crippen LogP contribution in [0.4, 0.5) is 4.39 Å². The van der Waals surface area contributed by atoms with Crippen LogP contribution in [0.3, 0.4) is 0 Å². The molecule has 2 atom stereocenters. The van der Waals surface area contributed by atoms with Crippen LogP contribution in [0.5, 0.6) is 5.75 Å². The number of hydrogen-bond acceptors (Lipinski definition) is 2. The molecule has 2 unspecified atom stereocenters. The fraction of sp³-hybridized carbons (Fsp3) is 0.625. The zero-order valence-corrected chi connectivity index (χ0v) is 11.5. The van der Waals surface area contributed by atoms with Gasteiger partial charge in [0.05, 0.1) is 0 Å². The van der Waals surface area contributed by atoms with Crippen LogP contribution in [0.15, 0.2) is 18.2 Å². The zero-order valence-electron chi connectivity index (χ0n) is 11.5. The standard InChI is InChI=1S/C16H22FNO/c1-11(10-18-14-3-2-4-14)7-15-9-12-8-13(17)5-6-16(12)19-15/h5-6,8,11,14-15,18H,2-4,7,9-10H2,1H3. The van der Waals surface area contributed by atoms with Crippen molar-refractivity contribution in [3.63, 3.8) is 0 Å². The van der Waals surface area contributed by atoms with Crippen LogP contribution < -0.4 is 10.1 Å². The first-order chi connectivity index (χ1) is 9.20. The summed E-state index contributed by atoms with van der Waals surface area (Å²) in [5.41, 5.74) is 1.02. The highest BCUT2D eigenvalue weighted by Crippen LogP contribution is 2.31. The Morgan fingerprint density at radius 3 is 3.00 bits per heavy atom. The quantitative estimate of drug-likeness (QED) is 0.880. The molecular formula is C16H22FNO. The zero-order chi connectivity index (χ0) is 13.2. The summed E-state index contributed by atoms with van der Waals surface area (Å²) in [5.74, 6) is 1.30. The smallest absolute Gasteiger partial charge is 0.123 e. The molecule has 0 amide bonds. The van der Waals surface area contributed by atoms with Gasteiger partial charge in [0.15, 0.2) is 0 Å². The van der Waals surface area contributed by atoms with Gasteiger partial charge in [-0.1, -0.05) is 13.3 Å². The third-order valence-corrected chi connectivity index (χ3v) is 4.29. The minimum absolute atomic E-state index is 0.164. The highest BCUT2D eigenvalue weighted by atomic mass is 19.1. The SMILES string of the molecule is CC(CNC1CCC1)CC1Cc2cc(F)ccc2O1. The number of halogens is 1. The molecule has 2 nitrogen and oxygen atoms in total. The molecule has 0 saturated heterocycles. The molecule has 0 aromatic heterocycles. The van der Waals surface area contributed by atoms with E-state index in [-0.39, 0.29) is 11.9 Å². The van der Waals surface area contributed by atoms with E-state index in [0.29, 0.717) is 5.92 Å². The van der Waals surface area contributed by atoms with Crippen molar-refractivity contribution in [1.82, 2.24) is 5.32 Å². The first kappa shape index (κ1) is 12.9. The molecule has 1 aromatic carbocycles. The molecule has 3 rings (SSSR count). The van der Waals surface area contributed by atoms with E-state index < -0.39 is 0 Å². The van der Waals surface area contributed by atoms with Gasteiger partial charge in [-0.3, -0.25) is 0 Å². The second-order valence-corrected chi connectivity index (χ2v) is 6.07.